The number of aromatic nitrogens is 2. The minimum atomic E-state index is 0.756. The molecule has 0 N–H and O–H groups in total. The molecule has 0 radical (unpaired) electrons. The molecule has 3 nitrogen and oxygen atoms in total. The van der Waals surface area contributed by atoms with Gasteiger partial charge in [0.05, 0.1) is 11.2 Å². The van der Waals surface area contributed by atoms with Crippen molar-refractivity contribution >= 4 is 43.6 Å². The van der Waals surface area contributed by atoms with Gasteiger partial charge in [-0.1, -0.05) is 60.7 Å². The van der Waals surface area contributed by atoms with Crippen LogP contribution in [-0.2, 0) is 0 Å². The van der Waals surface area contributed by atoms with Crippen molar-refractivity contribution in [3.63, 3.8) is 0 Å². The van der Waals surface area contributed by atoms with Crippen molar-refractivity contribution in [1.29, 1.82) is 0 Å². The number of rotatable bonds is 1. The molecule has 0 unspecified atom stereocenters. The zero-order valence-corrected chi connectivity index (χ0v) is 15.3. The topological polar surface area (TPSA) is 38.9 Å². The summed E-state index contributed by atoms with van der Waals surface area (Å²) < 4.78 is 6.25. The highest BCUT2D eigenvalue weighted by molar-refractivity contribution is 6.14. The third kappa shape index (κ3) is 2.10. The van der Waals surface area contributed by atoms with E-state index in [0.29, 0.717) is 0 Å². The fourth-order valence-electron chi connectivity index (χ4n) is 4.11. The number of hydrogen-bond acceptors (Lipinski definition) is 3. The van der Waals surface area contributed by atoms with E-state index in [2.05, 4.69) is 60.7 Å². The third-order valence-electron chi connectivity index (χ3n) is 5.36. The first-order chi connectivity index (χ1) is 13.8. The van der Waals surface area contributed by atoms with Crippen LogP contribution in [0.3, 0.4) is 0 Å². The van der Waals surface area contributed by atoms with Crippen molar-refractivity contribution < 1.29 is 4.42 Å². The van der Waals surface area contributed by atoms with Crippen LogP contribution in [0.5, 0.6) is 0 Å². The van der Waals surface area contributed by atoms with E-state index < -0.39 is 0 Å². The molecule has 0 aliphatic carbocycles. The molecule has 0 saturated carbocycles. The molecular weight excluding hydrogens is 344 g/mol. The van der Waals surface area contributed by atoms with E-state index in [1.165, 1.54) is 5.39 Å². The number of hydrogen-bond donors (Lipinski definition) is 0. The van der Waals surface area contributed by atoms with Crippen molar-refractivity contribution in [1.82, 2.24) is 9.97 Å². The fourth-order valence-corrected chi connectivity index (χ4v) is 4.11. The Morgan fingerprint density at radius 2 is 1.43 bits per heavy atom. The van der Waals surface area contributed by atoms with Gasteiger partial charge in [-0.15, -0.1) is 0 Å². The molecule has 0 aliphatic heterocycles. The SMILES string of the molecule is Cc1nc(-c2cccc3c2oc2ccccc23)c2ccc3ccccc3c2n1. The molecule has 0 spiro atoms. The first-order valence-corrected chi connectivity index (χ1v) is 9.36. The minimum absolute atomic E-state index is 0.756. The highest BCUT2D eigenvalue weighted by atomic mass is 16.3. The Balaban J connectivity index is 1.77. The number of fused-ring (bicyclic) bond motifs is 6. The molecule has 28 heavy (non-hydrogen) atoms. The van der Waals surface area contributed by atoms with Gasteiger partial charge in [0.15, 0.2) is 0 Å². The molecule has 0 bridgehead atoms. The summed E-state index contributed by atoms with van der Waals surface area (Å²) in [7, 11) is 0. The molecule has 0 aliphatic rings. The normalized spacial score (nSPS) is 11.8. The highest BCUT2D eigenvalue weighted by Crippen LogP contribution is 2.38. The summed E-state index contributed by atoms with van der Waals surface area (Å²) in [6, 6.07) is 27.0. The van der Waals surface area contributed by atoms with Crippen LogP contribution < -0.4 is 0 Å². The second-order valence-corrected chi connectivity index (χ2v) is 7.08. The van der Waals surface area contributed by atoms with Crippen molar-refractivity contribution in [3.8, 4) is 11.3 Å². The quantitative estimate of drug-likeness (QED) is 0.308. The van der Waals surface area contributed by atoms with Crippen LogP contribution in [0.15, 0.2) is 83.3 Å². The summed E-state index contributed by atoms with van der Waals surface area (Å²) in [6.45, 7) is 1.95. The Labute approximate surface area is 161 Å². The first-order valence-electron chi connectivity index (χ1n) is 9.36. The Morgan fingerprint density at radius 1 is 0.643 bits per heavy atom. The van der Waals surface area contributed by atoms with E-state index in [1.54, 1.807) is 0 Å². The van der Waals surface area contributed by atoms with Crippen molar-refractivity contribution in [2.45, 2.75) is 6.92 Å². The number of benzene rings is 4. The standard InChI is InChI=1S/C25H16N2O/c1-15-26-23-17-8-3-2-7-16(17)13-14-20(23)24(27-15)21-11-6-10-19-18-9-4-5-12-22(18)28-25(19)21/h2-14H,1H3. The minimum Gasteiger partial charge on any atom is -0.455 e. The summed E-state index contributed by atoms with van der Waals surface area (Å²) in [5, 5.41) is 5.60. The second kappa shape index (κ2) is 5.64. The average molecular weight is 360 g/mol. The Hall–Kier alpha value is -3.72. The number of nitrogens with zero attached hydrogens (tertiary/aromatic N) is 2. The lowest BCUT2D eigenvalue weighted by molar-refractivity contribution is 0.670. The molecule has 6 aromatic rings. The van der Waals surface area contributed by atoms with E-state index in [9.17, 15) is 0 Å². The van der Waals surface area contributed by atoms with Crippen molar-refractivity contribution in [2.24, 2.45) is 0 Å². The van der Waals surface area contributed by atoms with E-state index in [4.69, 9.17) is 14.4 Å². The lowest BCUT2D eigenvalue weighted by atomic mass is 10.0. The Kier molecular flexibility index (Phi) is 3.09. The highest BCUT2D eigenvalue weighted by Gasteiger charge is 2.16. The number of furan rings is 1. The van der Waals surface area contributed by atoms with E-state index >= 15 is 0 Å². The lowest BCUT2D eigenvalue weighted by Crippen LogP contribution is -1.95. The molecular formula is C25H16N2O. The van der Waals surface area contributed by atoms with Gasteiger partial charge in [-0.05, 0) is 30.5 Å². The maximum Gasteiger partial charge on any atom is 0.144 e. The van der Waals surface area contributed by atoms with Gasteiger partial charge in [-0.25, -0.2) is 9.97 Å². The zero-order chi connectivity index (χ0) is 18.7. The summed E-state index contributed by atoms with van der Waals surface area (Å²) in [4.78, 5) is 9.60. The summed E-state index contributed by atoms with van der Waals surface area (Å²) in [6.07, 6.45) is 0. The van der Waals surface area contributed by atoms with Gasteiger partial charge in [0.2, 0.25) is 0 Å². The smallest absolute Gasteiger partial charge is 0.144 e. The molecule has 0 atom stereocenters. The maximum atomic E-state index is 6.25. The van der Waals surface area contributed by atoms with E-state index in [1.807, 2.05) is 25.1 Å². The van der Waals surface area contributed by atoms with Gasteiger partial charge < -0.3 is 4.42 Å². The lowest BCUT2D eigenvalue weighted by Gasteiger charge is -2.10. The predicted molar refractivity (Wildman–Crippen MR) is 114 cm³/mol. The van der Waals surface area contributed by atoms with Gasteiger partial charge in [-0.3, -0.25) is 0 Å². The Morgan fingerprint density at radius 3 is 2.36 bits per heavy atom. The molecule has 132 valence electrons. The van der Waals surface area contributed by atoms with E-state index in [0.717, 1.165) is 55.3 Å². The van der Waals surface area contributed by atoms with Gasteiger partial charge in [0.25, 0.3) is 0 Å². The summed E-state index contributed by atoms with van der Waals surface area (Å²) >= 11 is 0. The molecule has 0 amide bonds. The molecule has 2 heterocycles. The fraction of sp³-hybridized carbons (Fsp3) is 0.0400. The van der Waals surface area contributed by atoms with Gasteiger partial charge in [-0.2, -0.15) is 0 Å². The van der Waals surface area contributed by atoms with Crippen LogP contribution in [-0.4, -0.2) is 9.97 Å². The largest absolute Gasteiger partial charge is 0.455 e. The summed E-state index contributed by atoms with van der Waals surface area (Å²) in [5.41, 5.74) is 4.66. The molecule has 3 heteroatoms. The third-order valence-corrected chi connectivity index (χ3v) is 5.36. The molecule has 0 fully saturated rings. The van der Waals surface area contributed by atoms with Crippen LogP contribution in [0, 0.1) is 6.92 Å². The molecule has 4 aromatic carbocycles. The van der Waals surface area contributed by atoms with Crippen molar-refractivity contribution in [2.75, 3.05) is 0 Å². The van der Waals surface area contributed by atoms with Gasteiger partial charge in [0, 0.05) is 27.1 Å². The molecule has 0 saturated heterocycles. The Bertz CT molecular complexity index is 1530. The monoisotopic (exact) mass is 360 g/mol. The average Bonchev–Trinajstić information content (AvgIpc) is 3.12. The maximum absolute atomic E-state index is 6.25. The van der Waals surface area contributed by atoms with Crippen LogP contribution >= 0.6 is 0 Å². The first kappa shape index (κ1) is 15.3. The van der Waals surface area contributed by atoms with Crippen LogP contribution in [0.1, 0.15) is 5.82 Å². The zero-order valence-electron chi connectivity index (χ0n) is 15.3. The second-order valence-electron chi connectivity index (χ2n) is 7.08. The van der Waals surface area contributed by atoms with Crippen LogP contribution in [0.4, 0.5) is 0 Å². The van der Waals surface area contributed by atoms with Crippen LogP contribution in [0.2, 0.25) is 0 Å². The molecule has 6 rings (SSSR count). The predicted octanol–water partition coefficient (Wildman–Crippen LogP) is 6.66. The van der Waals surface area contributed by atoms with E-state index in [-0.39, 0.29) is 0 Å². The van der Waals surface area contributed by atoms with Gasteiger partial charge in [0.1, 0.15) is 17.0 Å². The van der Waals surface area contributed by atoms with Crippen LogP contribution in [0.25, 0.3) is 54.9 Å². The summed E-state index contributed by atoms with van der Waals surface area (Å²) in [5.74, 6) is 0.756. The molecule has 2 aromatic heterocycles. The van der Waals surface area contributed by atoms with Gasteiger partial charge >= 0.3 is 0 Å². The number of aryl methyl sites for hydroxylation is 1. The number of para-hydroxylation sites is 2. The van der Waals surface area contributed by atoms with Crippen molar-refractivity contribution in [3.05, 3.63) is 84.7 Å².